The average molecular weight is 312 g/mol. The van der Waals surface area contributed by atoms with Gasteiger partial charge < -0.3 is 15.4 Å². The van der Waals surface area contributed by atoms with E-state index in [2.05, 4.69) is 10.6 Å². The second-order valence-electron chi connectivity index (χ2n) is 4.98. The van der Waals surface area contributed by atoms with Crippen molar-refractivity contribution in [3.8, 4) is 0 Å². The van der Waals surface area contributed by atoms with Crippen molar-refractivity contribution in [2.24, 2.45) is 0 Å². The van der Waals surface area contributed by atoms with Crippen LogP contribution in [0.15, 0.2) is 54.6 Å². The van der Waals surface area contributed by atoms with Crippen molar-refractivity contribution in [2.75, 3.05) is 23.8 Å². The van der Waals surface area contributed by atoms with Gasteiger partial charge in [0, 0.05) is 18.0 Å². The molecule has 2 aromatic rings. The predicted octanol–water partition coefficient (Wildman–Crippen LogP) is 2.84. The molecule has 0 bridgehead atoms. The van der Waals surface area contributed by atoms with E-state index in [-0.39, 0.29) is 18.4 Å². The van der Waals surface area contributed by atoms with Crippen molar-refractivity contribution < 1.29 is 14.3 Å². The number of nitrogens with one attached hydrogen (secondary N) is 2. The Morgan fingerprint density at radius 3 is 2.22 bits per heavy atom. The molecule has 5 heteroatoms. The van der Waals surface area contributed by atoms with Gasteiger partial charge in [-0.2, -0.15) is 0 Å². The molecule has 0 aliphatic heterocycles. The van der Waals surface area contributed by atoms with Crippen LogP contribution in [0.3, 0.4) is 0 Å². The van der Waals surface area contributed by atoms with Crippen LogP contribution >= 0.6 is 0 Å². The summed E-state index contributed by atoms with van der Waals surface area (Å²) in [5.41, 5.74) is 2.21. The molecule has 2 N–H and O–H groups in total. The molecule has 0 saturated heterocycles. The molecular formula is C18H20N2O3. The largest absolute Gasteiger partial charge is 0.372 e. The number of hydrogen-bond acceptors (Lipinski definition) is 3. The zero-order valence-electron chi connectivity index (χ0n) is 13.0. The van der Waals surface area contributed by atoms with Gasteiger partial charge in [-0.1, -0.05) is 36.4 Å². The first-order valence-electron chi connectivity index (χ1n) is 7.49. The van der Waals surface area contributed by atoms with Crippen LogP contribution < -0.4 is 10.6 Å². The minimum absolute atomic E-state index is 0.0150. The Labute approximate surface area is 135 Å². The predicted molar refractivity (Wildman–Crippen MR) is 90.3 cm³/mol. The van der Waals surface area contributed by atoms with Crippen LogP contribution in [-0.4, -0.2) is 25.0 Å². The average Bonchev–Trinajstić information content (AvgIpc) is 2.54. The lowest BCUT2D eigenvalue weighted by Gasteiger charge is -2.09. The van der Waals surface area contributed by atoms with Crippen molar-refractivity contribution in [1.82, 2.24) is 0 Å². The summed E-state index contributed by atoms with van der Waals surface area (Å²) >= 11 is 0. The van der Waals surface area contributed by atoms with Gasteiger partial charge in [0.1, 0.15) is 6.61 Å². The normalized spacial score (nSPS) is 10.1. The summed E-state index contributed by atoms with van der Waals surface area (Å²) in [5.74, 6) is -0.325. The second kappa shape index (κ2) is 8.70. The minimum Gasteiger partial charge on any atom is -0.372 e. The lowest BCUT2D eigenvalue weighted by molar-refractivity contribution is -0.120. The first-order valence-corrected chi connectivity index (χ1v) is 7.49. The van der Waals surface area contributed by atoms with Crippen molar-refractivity contribution >= 4 is 23.2 Å². The Morgan fingerprint density at radius 1 is 0.913 bits per heavy atom. The van der Waals surface area contributed by atoms with Gasteiger partial charge in [0.25, 0.3) is 0 Å². The number of carbonyl (C=O) groups is 2. The van der Waals surface area contributed by atoms with E-state index in [0.717, 1.165) is 5.56 Å². The number of carbonyl (C=O) groups excluding carboxylic acids is 2. The molecule has 0 spiro atoms. The maximum absolute atomic E-state index is 12.0. The summed E-state index contributed by atoms with van der Waals surface area (Å²) in [4.78, 5) is 23.7. The summed E-state index contributed by atoms with van der Waals surface area (Å²) in [5, 5.41) is 5.55. The molecule has 2 aromatic carbocycles. The van der Waals surface area contributed by atoms with Crippen molar-refractivity contribution in [2.45, 2.75) is 13.3 Å². The van der Waals surface area contributed by atoms with E-state index in [1.165, 1.54) is 0 Å². The van der Waals surface area contributed by atoms with E-state index in [1.807, 2.05) is 37.3 Å². The summed E-state index contributed by atoms with van der Waals surface area (Å²) in [6.07, 6.45) is 0.307. The van der Waals surface area contributed by atoms with E-state index in [0.29, 0.717) is 24.4 Å². The SMILES string of the molecule is CCOCC(=O)Nc1cccc(NC(=O)Cc2ccccc2)c1. The van der Waals surface area contributed by atoms with Crippen LogP contribution in [0.25, 0.3) is 0 Å². The fourth-order valence-electron chi connectivity index (χ4n) is 2.05. The molecule has 0 unspecified atom stereocenters. The summed E-state index contributed by atoms with van der Waals surface area (Å²) < 4.78 is 5.05. The number of ether oxygens (including phenoxy) is 1. The Morgan fingerprint density at radius 2 is 1.57 bits per heavy atom. The molecule has 0 aromatic heterocycles. The van der Waals surface area contributed by atoms with Gasteiger partial charge in [0.05, 0.1) is 6.42 Å². The van der Waals surface area contributed by atoms with Crippen LogP contribution in [0.4, 0.5) is 11.4 Å². The molecular weight excluding hydrogens is 292 g/mol. The Bertz CT molecular complexity index is 656. The quantitative estimate of drug-likeness (QED) is 0.826. The fraction of sp³-hybridized carbons (Fsp3) is 0.222. The van der Waals surface area contributed by atoms with E-state index in [9.17, 15) is 9.59 Å². The van der Waals surface area contributed by atoms with E-state index >= 15 is 0 Å². The van der Waals surface area contributed by atoms with Crippen molar-refractivity contribution in [3.63, 3.8) is 0 Å². The monoisotopic (exact) mass is 312 g/mol. The van der Waals surface area contributed by atoms with Gasteiger partial charge in [-0.05, 0) is 30.7 Å². The van der Waals surface area contributed by atoms with Gasteiger partial charge >= 0.3 is 0 Å². The van der Waals surface area contributed by atoms with Crippen LogP contribution in [0.2, 0.25) is 0 Å². The molecule has 120 valence electrons. The second-order valence-corrected chi connectivity index (χ2v) is 4.98. The van der Waals surface area contributed by atoms with Gasteiger partial charge in [-0.25, -0.2) is 0 Å². The number of benzene rings is 2. The smallest absolute Gasteiger partial charge is 0.250 e. The van der Waals surface area contributed by atoms with Crippen LogP contribution in [0.5, 0.6) is 0 Å². The molecule has 2 amide bonds. The number of amides is 2. The third-order valence-electron chi connectivity index (χ3n) is 3.07. The highest BCUT2D eigenvalue weighted by molar-refractivity contribution is 5.95. The number of rotatable bonds is 7. The van der Waals surface area contributed by atoms with Crippen molar-refractivity contribution in [3.05, 3.63) is 60.2 Å². The third kappa shape index (κ3) is 5.92. The fourth-order valence-corrected chi connectivity index (χ4v) is 2.05. The first-order chi connectivity index (χ1) is 11.2. The standard InChI is InChI=1S/C18H20N2O3/c1-2-23-13-18(22)20-16-10-6-9-15(12-16)19-17(21)11-14-7-4-3-5-8-14/h3-10,12H,2,11,13H2,1H3,(H,19,21)(H,20,22). The highest BCUT2D eigenvalue weighted by Crippen LogP contribution is 2.15. The maximum Gasteiger partial charge on any atom is 0.250 e. The van der Waals surface area contributed by atoms with E-state index in [4.69, 9.17) is 4.74 Å². The van der Waals surface area contributed by atoms with Gasteiger partial charge in [0.2, 0.25) is 11.8 Å². The topological polar surface area (TPSA) is 67.4 Å². The van der Waals surface area contributed by atoms with E-state index < -0.39 is 0 Å². The summed E-state index contributed by atoms with van der Waals surface area (Å²) in [7, 11) is 0. The zero-order valence-corrected chi connectivity index (χ0v) is 13.0. The zero-order chi connectivity index (χ0) is 16.5. The molecule has 0 saturated carbocycles. The first kappa shape index (κ1) is 16.7. The van der Waals surface area contributed by atoms with Crippen LogP contribution in [0, 0.1) is 0 Å². The lowest BCUT2D eigenvalue weighted by atomic mass is 10.1. The van der Waals surface area contributed by atoms with Crippen LogP contribution in [-0.2, 0) is 20.7 Å². The number of hydrogen-bond donors (Lipinski definition) is 2. The Hall–Kier alpha value is -2.66. The highest BCUT2D eigenvalue weighted by atomic mass is 16.5. The van der Waals surface area contributed by atoms with Crippen molar-refractivity contribution in [1.29, 1.82) is 0 Å². The summed E-state index contributed by atoms with van der Waals surface area (Å²) in [6.45, 7) is 2.33. The lowest BCUT2D eigenvalue weighted by Crippen LogP contribution is -2.18. The highest BCUT2D eigenvalue weighted by Gasteiger charge is 2.06. The van der Waals surface area contributed by atoms with Gasteiger partial charge in [-0.3, -0.25) is 9.59 Å². The molecule has 0 fully saturated rings. The molecule has 0 atom stereocenters. The summed E-state index contributed by atoms with van der Waals surface area (Å²) in [6, 6.07) is 16.6. The molecule has 0 radical (unpaired) electrons. The molecule has 0 aliphatic rings. The van der Waals surface area contributed by atoms with Gasteiger partial charge in [-0.15, -0.1) is 0 Å². The van der Waals surface area contributed by atoms with Crippen LogP contribution in [0.1, 0.15) is 12.5 Å². The molecule has 0 heterocycles. The maximum atomic E-state index is 12.0. The van der Waals surface area contributed by atoms with E-state index in [1.54, 1.807) is 24.3 Å². The molecule has 2 rings (SSSR count). The van der Waals surface area contributed by atoms with Gasteiger partial charge in [0.15, 0.2) is 0 Å². The molecule has 5 nitrogen and oxygen atoms in total. The number of anilines is 2. The molecule has 0 aliphatic carbocycles. The molecule has 23 heavy (non-hydrogen) atoms. The third-order valence-corrected chi connectivity index (χ3v) is 3.07. The Balaban J connectivity index is 1.91. The Kier molecular flexibility index (Phi) is 6.32. The minimum atomic E-state index is -0.223.